The lowest BCUT2D eigenvalue weighted by atomic mass is 9.44. The topological polar surface area (TPSA) is 34.1 Å². The van der Waals surface area contributed by atoms with Gasteiger partial charge >= 0.3 is 0 Å². The summed E-state index contributed by atoms with van der Waals surface area (Å²) in [6, 6.07) is 0. The van der Waals surface area contributed by atoms with Crippen LogP contribution in [-0.4, -0.2) is 11.6 Å². The Kier molecular flexibility index (Phi) is 3.56. The molecule has 0 bridgehead atoms. The fourth-order valence-electron chi connectivity index (χ4n) is 7.40. The molecule has 0 radical (unpaired) electrons. The number of rotatable bonds is 1. The Balaban J connectivity index is 1.59. The number of carbonyl (C=O) groups excluding carboxylic acids is 2. The maximum absolute atomic E-state index is 12.4. The van der Waals surface area contributed by atoms with E-state index in [1.807, 2.05) is 0 Å². The summed E-state index contributed by atoms with van der Waals surface area (Å²) in [6.45, 7) is 6.59. The van der Waals surface area contributed by atoms with Gasteiger partial charge in [0.1, 0.15) is 11.6 Å². The summed E-state index contributed by atoms with van der Waals surface area (Å²) >= 11 is 0. The van der Waals surface area contributed by atoms with E-state index in [4.69, 9.17) is 0 Å². The Hall–Kier alpha value is -0.660. The van der Waals surface area contributed by atoms with E-state index in [9.17, 15) is 9.59 Å². The van der Waals surface area contributed by atoms with E-state index in [1.54, 1.807) is 6.92 Å². The Bertz CT molecular complexity index is 538. The third-order valence-electron chi connectivity index (χ3n) is 8.95. The molecule has 23 heavy (non-hydrogen) atoms. The highest BCUT2D eigenvalue weighted by molar-refractivity contribution is 5.87. The minimum absolute atomic E-state index is 0.000942. The van der Waals surface area contributed by atoms with Gasteiger partial charge in [0.2, 0.25) is 0 Å². The van der Waals surface area contributed by atoms with Crippen molar-refractivity contribution in [1.29, 1.82) is 0 Å². The first-order valence-corrected chi connectivity index (χ1v) is 9.90. The van der Waals surface area contributed by atoms with Crippen LogP contribution in [0.5, 0.6) is 0 Å². The number of hydrogen-bond donors (Lipinski definition) is 0. The summed E-state index contributed by atoms with van der Waals surface area (Å²) in [5.74, 6) is 4.25. The van der Waals surface area contributed by atoms with Crippen LogP contribution in [0.1, 0.15) is 78.6 Å². The van der Waals surface area contributed by atoms with E-state index in [1.165, 1.54) is 25.7 Å². The van der Waals surface area contributed by atoms with Crippen molar-refractivity contribution in [3.8, 4) is 0 Å². The molecule has 4 fully saturated rings. The van der Waals surface area contributed by atoms with E-state index in [0.29, 0.717) is 28.8 Å². The van der Waals surface area contributed by atoms with Crippen LogP contribution < -0.4 is 0 Å². The second-order valence-electron chi connectivity index (χ2n) is 9.66. The van der Waals surface area contributed by atoms with Gasteiger partial charge in [0.05, 0.1) is 0 Å². The van der Waals surface area contributed by atoms with Crippen LogP contribution in [-0.2, 0) is 9.59 Å². The lowest BCUT2D eigenvalue weighted by molar-refractivity contribution is -0.143. The molecule has 0 aromatic rings. The van der Waals surface area contributed by atoms with Crippen molar-refractivity contribution in [2.45, 2.75) is 78.6 Å². The minimum atomic E-state index is 0.000942. The monoisotopic (exact) mass is 316 g/mol. The molecule has 4 aliphatic carbocycles. The molecule has 0 amide bonds. The number of fused-ring (bicyclic) bond motifs is 5. The predicted molar refractivity (Wildman–Crippen MR) is 90.9 cm³/mol. The Labute approximate surface area is 140 Å². The van der Waals surface area contributed by atoms with E-state index >= 15 is 0 Å². The molecule has 0 N–H and O–H groups in total. The maximum Gasteiger partial charge on any atom is 0.139 e. The van der Waals surface area contributed by atoms with Gasteiger partial charge < -0.3 is 0 Å². The molecular formula is C21H32O2. The van der Waals surface area contributed by atoms with Crippen LogP contribution in [0.2, 0.25) is 0 Å². The van der Waals surface area contributed by atoms with Gasteiger partial charge in [-0.3, -0.25) is 9.59 Å². The standard InChI is InChI=1S/C21H32O2/c1-13(22)14-8-10-20(2)15(12-14)4-5-16-17-6-7-19(23)21(17,3)11-9-18(16)20/h14-18H,4-12H2,1-3H3/t14-,15+,16+,17+,18+,20+,21+/m1/s1. The number of Topliss-reactive ketones (excluding diaryl/α,β-unsaturated/α-hetero) is 2. The molecule has 7 atom stereocenters. The second-order valence-corrected chi connectivity index (χ2v) is 9.66. The van der Waals surface area contributed by atoms with E-state index in [-0.39, 0.29) is 5.41 Å². The lowest BCUT2D eigenvalue weighted by Crippen LogP contribution is -2.53. The average molecular weight is 316 g/mol. The molecule has 4 aliphatic rings. The van der Waals surface area contributed by atoms with E-state index in [2.05, 4.69) is 13.8 Å². The summed E-state index contributed by atoms with van der Waals surface area (Å²) in [5, 5.41) is 0. The highest BCUT2D eigenvalue weighted by Gasteiger charge is 2.60. The van der Waals surface area contributed by atoms with Gasteiger partial charge in [-0.2, -0.15) is 0 Å². The fraction of sp³-hybridized carbons (Fsp3) is 0.905. The fourth-order valence-corrected chi connectivity index (χ4v) is 7.40. The first-order valence-electron chi connectivity index (χ1n) is 9.90. The van der Waals surface area contributed by atoms with Crippen molar-refractivity contribution in [2.75, 3.05) is 0 Å². The minimum Gasteiger partial charge on any atom is -0.300 e. The van der Waals surface area contributed by atoms with Crippen LogP contribution in [0.15, 0.2) is 0 Å². The molecule has 2 heteroatoms. The molecule has 0 spiro atoms. The average Bonchev–Trinajstić information content (AvgIpc) is 2.82. The summed E-state index contributed by atoms with van der Waals surface area (Å²) < 4.78 is 0. The molecule has 0 heterocycles. The molecule has 0 aliphatic heterocycles. The first kappa shape index (κ1) is 15.8. The van der Waals surface area contributed by atoms with Crippen LogP contribution in [0.25, 0.3) is 0 Å². The number of ketones is 2. The Morgan fingerprint density at radius 2 is 1.78 bits per heavy atom. The van der Waals surface area contributed by atoms with Crippen molar-refractivity contribution in [1.82, 2.24) is 0 Å². The molecule has 0 aromatic carbocycles. The van der Waals surface area contributed by atoms with Crippen LogP contribution in [0, 0.1) is 40.4 Å². The number of carbonyl (C=O) groups is 2. The lowest BCUT2D eigenvalue weighted by Gasteiger charge is -2.60. The molecule has 0 unspecified atom stereocenters. The molecule has 2 nitrogen and oxygen atoms in total. The normalized spacial score (nSPS) is 52.5. The molecule has 4 rings (SSSR count). The largest absolute Gasteiger partial charge is 0.300 e. The summed E-state index contributed by atoms with van der Waals surface area (Å²) in [4.78, 5) is 24.3. The van der Waals surface area contributed by atoms with Gasteiger partial charge in [0.25, 0.3) is 0 Å². The zero-order valence-corrected chi connectivity index (χ0v) is 15.1. The number of hydrogen-bond acceptors (Lipinski definition) is 2. The van der Waals surface area contributed by atoms with Crippen molar-refractivity contribution in [3.63, 3.8) is 0 Å². The van der Waals surface area contributed by atoms with Gasteiger partial charge in [-0.05, 0) is 87.4 Å². The molecule has 4 saturated carbocycles. The quantitative estimate of drug-likeness (QED) is 0.696. The molecule has 0 saturated heterocycles. The molecule has 128 valence electrons. The summed E-state index contributed by atoms with van der Waals surface area (Å²) in [5.41, 5.74) is 0.433. The summed E-state index contributed by atoms with van der Waals surface area (Å²) in [6.07, 6.45) is 10.4. The first-order chi connectivity index (χ1) is 10.9. The highest BCUT2D eigenvalue weighted by Crippen LogP contribution is 2.65. The SMILES string of the molecule is CC(=O)[C@@H]1CC[C@@]2(C)[C@@H](CC[C@@H]3[C@@H]2CC[C@]2(C)C(=O)CC[C@@H]32)C1. The highest BCUT2D eigenvalue weighted by atomic mass is 16.1. The van der Waals surface area contributed by atoms with Crippen molar-refractivity contribution in [2.24, 2.45) is 40.4 Å². The van der Waals surface area contributed by atoms with Crippen LogP contribution in [0.4, 0.5) is 0 Å². The third kappa shape index (κ3) is 2.12. The Morgan fingerprint density at radius 3 is 2.52 bits per heavy atom. The third-order valence-corrected chi connectivity index (χ3v) is 8.95. The smallest absolute Gasteiger partial charge is 0.139 e. The van der Waals surface area contributed by atoms with Crippen LogP contribution in [0.3, 0.4) is 0 Å². The predicted octanol–water partition coefficient (Wildman–Crippen LogP) is 4.80. The van der Waals surface area contributed by atoms with Crippen molar-refractivity contribution in [3.05, 3.63) is 0 Å². The van der Waals surface area contributed by atoms with Crippen molar-refractivity contribution >= 4 is 11.6 Å². The van der Waals surface area contributed by atoms with Crippen molar-refractivity contribution < 1.29 is 9.59 Å². The zero-order chi connectivity index (χ0) is 16.4. The maximum atomic E-state index is 12.4. The van der Waals surface area contributed by atoms with Gasteiger partial charge in [0.15, 0.2) is 0 Å². The van der Waals surface area contributed by atoms with Gasteiger partial charge in [-0.15, -0.1) is 0 Å². The molecular weight excluding hydrogens is 284 g/mol. The van der Waals surface area contributed by atoms with E-state index in [0.717, 1.165) is 49.9 Å². The molecule has 0 aromatic heterocycles. The summed E-state index contributed by atoms with van der Waals surface area (Å²) in [7, 11) is 0. The van der Waals surface area contributed by atoms with Gasteiger partial charge in [-0.1, -0.05) is 13.8 Å². The Morgan fingerprint density at radius 1 is 1.00 bits per heavy atom. The van der Waals surface area contributed by atoms with Gasteiger partial charge in [0, 0.05) is 17.8 Å². The van der Waals surface area contributed by atoms with E-state index < -0.39 is 0 Å². The van der Waals surface area contributed by atoms with Gasteiger partial charge in [-0.25, -0.2) is 0 Å². The van der Waals surface area contributed by atoms with Crippen LogP contribution >= 0.6 is 0 Å². The second kappa shape index (κ2) is 5.17. The zero-order valence-electron chi connectivity index (χ0n) is 15.1.